The Balaban J connectivity index is 3.28. The lowest BCUT2D eigenvalue weighted by atomic mass is 10.4. The second-order valence-electron chi connectivity index (χ2n) is 2.17. The fourth-order valence-corrected chi connectivity index (χ4v) is 0.305. The molecule has 0 amide bonds. The number of aliphatic hydroxyl groups excluding tert-OH is 2. The van der Waals surface area contributed by atoms with E-state index in [0.29, 0.717) is 0 Å². The molecule has 0 aromatic rings. The van der Waals surface area contributed by atoms with Crippen LogP contribution < -0.4 is 0 Å². The van der Waals surface area contributed by atoms with Crippen LogP contribution in [0.25, 0.3) is 0 Å². The number of hydrogen-bond acceptors (Lipinski definition) is 4. The van der Waals surface area contributed by atoms with Gasteiger partial charge in [-0.05, 0) is 13.8 Å². The van der Waals surface area contributed by atoms with E-state index in [-0.39, 0.29) is 13.2 Å². The zero-order valence-electron chi connectivity index (χ0n) is 6.24. The molecule has 0 saturated heterocycles. The summed E-state index contributed by atoms with van der Waals surface area (Å²) < 4.78 is 0. The molecule has 0 radical (unpaired) electrons. The van der Waals surface area contributed by atoms with E-state index in [9.17, 15) is 0 Å². The van der Waals surface area contributed by atoms with Crippen LogP contribution in [0.3, 0.4) is 0 Å². The van der Waals surface area contributed by atoms with E-state index >= 15 is 0 Å². The fourth-order valence-electron chi connectivity index (χ4n) is 0.305. The third kappa shape index (κ3) is 5.53. The van der Waals surface area contributed by atoms with Crippen molar-refractivity contribution < 1.29 is 15.1 Å². The van der Waals surface area contributed by atoms with Crippen molar-refractivity contribution in [2.75, 3.05) is 13.2 Å². The molecular formula is C6H13NO3. The highest BCUT2D eigenvalue weighted by Gasteiger charge is 1.99. The van der Waals surface area contributed by atoms with Gasteiger partial charge in [0, 0.05) is 0 Å². The Labute approximate surface area is 60.1 Å². The monoisotopic (exact) mass is 147 g/mol. The number of hydrogen-bond donors (Lipinski definition) is 2. The van der Waals surface area contributed by atoms with Gasteiger partial charge in [0.05, 0.1) is 12.3 Å². The molecule has 0 spiro atoms. The highest BCUT2D eigenvalue weighted by atomic mass is 16.6. The minimum absolute atomic E-state index is 0.0433. The SMILES string of the molecule is CC(C)=NOCC(O)CO. The lowest BCUT2D eigenvalue weighted by Gasteiger charge is -2.03. The molecule has 0 aliphatic heterocycles. The van der Waals surface area contributed by atoms with Gasteiger partial charge in [-0.15, -0.1) is 0 Å². The van der Waals surface area contributed by atoms with Gasteiger partial charge in [-0.3, -0.25) is 0 Å². The third-order valence-corrected chi connectivity index (χ3v) is 0.725. The van der Waals surface area contributed by atoms with Gasteiger partial charge >= 0.3 is 0 Å². The van der Waals surface area contributed by atoms with Crippen molar-refractivity contribution >= 4 is 5.71 Å². The lowest BCUT2D eigenvalue weighted by Crippen LogP contribution is -2.17. The van der Waals surface area contributed by atoms with Crippen LogP contribution in [0.1, 0.15) is 13.8 Å². The summed E-state index contributed by atoms with van der Waals surface area (Å²) in [6.07, 6.45) is -0.830. The van der Waals surface area contributed by atoms with Crippen molar-refractivity contribution in [3.63, 3.8) is 0 Å². The standard InChI is InChI=1S/C6H13NO3/c1-5(2)7-10-4-6(9)3-8/h6,8-9H,3-4H2,1-2H3. The summed E-state index contributed by atoms with van der Waals surface area (Å²) in [5.74, 6) is 0. The maximum atomic E-state index is 8.73. The van der Waals surface area contributed by atoms with Crippen LogP contribution in [0.4, 0.5) is 0 Å². The molecule has 0 rings (SSSR count). The van der Waals surface area contributed by atoms with Gasteiger partial charge in [0.2, 0.25) is 0 Å². The van der Waals surface area contributed by atoms with Gasteiger partial charge in [0.15, 0.2) is 0 Å². The molecule has 2 N–H and O–H groups in total. The summed E-state index contributed by atoms with van der Waals surface area (Å²) in [6, 6.07) is 0. The number of rotatable bonds is 4. The Kier molecular flexibility index (Phi) is 4.88. The average Bonchev–Trinajstić information content (AvgIpc) is 1.87. The molecule has 0 aliphatic rings. The fraction of sp³-hybridized carbons (Fsp3) is 0.833. The Bertz CT molecular complexity index is 110. The topological polar surface area (TPSA) is 62.0 Å². The smallest absolute Gasteiger partial charge is 0.145 e. The van der Waals surface area contributed by atoms with Crippen LogP contribution in [0.5, 0.6) is 0 Å². The molecule has 0 aliphatic carbocycles. The van der Waals surface area contributed by atoms with Gasteiger partial charge in [-0.2, -0.15) is 0 Å². The van der Waals surface area contributed by atoms with Crippen molar-refractivity contribution in [2.45, 2.75) is 20.0 Å². The molecule has 1 unspecified atom stereocenters. The van der Waals surface area contributed by atoms with Crippen LogP contribution in [0.15, 0.2) is 5.16 Å². The molecular weight excluding hydrogens is 134 g/mol. The normalized spacial score (nSPS) is 12.4. The van der Waals surface area contributed by atoms with Gasteiger partial charge in [0.1, 0.15) is 12.7 Å². The van der Waals surface area contributed by atoms with Gasteiger partial charge in [-0.25, -0.2) is 0 Å². The number of aliphatic hydroxyl groups is 2. The van der Waals surface area contributed by atoms with Crippen molar-refractivity contribution in [1.82, 2.24) is 0 Å². The molecule has 0 saturated carbocycles. The van der Waals surface area contributed by atoms with Crippen molar-refractivity contribution in [2.24, 2.45) is 5.16 Å². The Morgan fingerprint density at radius 2 is 2.20 bits per heavy atom. The predicted octanol–water partition coefficient (Wildman–Crippen LogP) is -0.248. The maximum absolute atomic E-state index is 8.73. The van der Waals surface area contributed by atoms with Crippen LogP contribution in [0.2, 0.25) is 0 Å². The van der Waals surface area contributed by atoms with Crippen molar-refractivity contribution in [3.05, 3.63) is 0 Å². The van der Waals surface area contributed by atoms with Gasteiger partial charge in [0.25, 0.3) is 0 Å². The van der Waals surface area contributed by atoms with E-state index in [1.807, 2.05) is 0 Å². The highest BCUT2D eigenvalue weighted by Crippen LogP contribution is 1.85. The van der Waals surface area contributed by atoms with Crippen molar-refractivity contribution in [1.29, 1.82) is 0 Å². The van der Waals surface area contributed by atoms with Crippen LogP contribution in [-0.4, -0.2) is 35.2 Å². The van der Waals surface area contributed by atoms with Crippen LogP contribution in [-0.2, 0) is 4.84 Å². The van der Waals surface area contributed by atoms with E-state index in [2.05, 4.69) is 9.99 Å². The molecule has 4 heteroatoms. The first-order chi connectivity index (χ1) is 4.66. The quantitative estimate of drug-likeness (QED) is 0.426. The largest absolute Gasteiger partial charge is 0.394 e. The van der Waals surface area contributed by atoms with Crippen LogP contribution >= 0.6 is 0 Å². The van der Waals surface area contributed by atoms with E-state index in [0.717, 1.165) is 5.71 Å². The summed E-state index contributed by atoms with van der Waals surface area (Å²) in [5, 5.41) is 20.6. The zero-order chi connectivity index (χ0) is 7.98. The van der Waals surface area contributed by atoms with Crippen LogP contribution in [0, 0.1) is 0 Å². The van der Waals surface area contributed by atoms with Gasteiger partial charge in [-0.1, -0.05) is 5.16 Å². The van der Waals surface area contributed by atoms with E-state index in [1.165, 1.54) is 0 Å². The van der Waals surface area contributed by atoms with Gasteiger partial charge < -0.3 is 15.1 Å². The molecule has 0 bridgehead atoms. The first-order valence-corrected chi connectivity index (χ1v) is 3.09. The molecule has 0 fully saturated rings. The molecule has 4 nitrogen and oxygen atoms in total. The number of oxime groups is 1. The lowest BCUT2D eigenvalue weighted by molar-refractivity contribution is 0.00823. The number of nitrogens with zero attached hydrogens (tertiary/aromatic N) is 1. The third-order valence-electron chi connectivity index (χ3n) is 0.725. The van der Waals surface area contributed by atoms with E-state index in [4.69, 9.17) is 10.2 Å². The Morgan fingerprint density at radius 3 is 2.60 bits per heavy atom. The molecule has 0 aromatic heterocycles. The summed E-state index contributed by atoms with van der Waals surface area (Å²) in [5.41, 5.74) is 0.783. The van der Waals surface area contributed by atoms with Crippen molar-refractivity contribution in [3.8, 4) is 0 Å². The highest BCUT2D eigenvalue weighted by molar-refractivity contribution is 5.78. The minimum atomic E-state index is -0.830. The molecule has 0 heterocycles. The molecule has 1 atom stereocenters. The molecule has 10 heavy (non-hydrogen) atoms. The minimum Gasteiger partial charge on any atom is -0.394 e. The Morgan fingerprint density at radius 1 is 1.60 bits per heavy atom. The Hall–Kier alpha value is -0.610. The molecule has 60 valence electrons. The zero-order valence-corrected chi connectivity index (χ0v) is 6.24. The van der Waals surface area contributed by atoms with E-state index in [1.54, 1.807) is 13.8 Å². The average molecular weight is 147 g/mol. The molecule has 0 aromatic carbocycles. The first-order valence-electron chi connectivity index (χ1n) is 3.09. The predicted molar refractivity (Wildman–Crippen MR) is 37.8 cm³/mol. The second kappa shape index (κ2) is 5.20. The summed E-state index contributed by atoms with van der Waals surface area (Å²) in [7, 11) is 0. The first kappa shape index (κ1) is 9.39. The maximum Gasteiger partial charge on any atom is 0.145 e. The summed E-state index contributed by atoms with van der Waals surface area (Å²) in [4.78, 5) is 4.63. The second-order valence-corrected chi connectivity index (χ2v) is 2.17. The summed E-state index contributed by atoms with van der Waals surface area (Å²) >= 11 is 0. The van der Waals surface area contributed by atoms with E-state index < -0.39 is 6.10 Å². The summed E-state index contributed by atoms with van der Waals surface area (Å²) in [6.45, 7) is 3.32.